The van der Waals surface area contributed by atoms with Crippen molar-refractivity contribution in [2.75, 3.05) is 19.3 Å². The Morgan fingerprint density at radius 1 is 1.47 bits per heavy atom. The quantitative estimate of drug-likeness (QED) is 0.788. The zero-order valence-corrected chi connectivity index (χ0v) is 10.9. The van der Waals surface area contributed by atoms with Crippen molar-refractivity contribution in [1.29, 1.82) is 0 Å². The average molecular weight is 255 g/mol. The predicted molar refractivity (Wildman–Crippen MR) is 65.2 cm³/mol. The van der Waals surface area contributed by atoms with Crippen molar-refractivity contribution in [2.45, 2.75) is 25.7 Å². The first-order chi connectivity index (χ1) is 7.97. The van der Waals surface area contributed by atoms with Gasteiger partial charge in [-0.3, -0.25) is 0 Å². The van der Waals surface area contributed by atoms with Crippen molar-refractivity contribution in [3.63, 3.8) is 0 Å². The van der Waals surface area contributed by atoms with Gasteiger partial charge in [0.2, 0.25) is 10.0 Å². The standard InChI is InChI=1S/C11H17N3O2S/c1-9-5-6-12-11(13-9)10-4-3-7-14(8-10)17(2,15)16/h5-6,10H,3-4,7-8H2,1-2H3. The minimum Gasteiger partial charge on any atom is -0.241 e. The topological polar surface area (TPSA) is 63.2 Å². The lowest BCUT2D eigenvalue weighted by molar-refractivity contribution is 0.311. The lowest BCUT2D eigenvalue weighted by atomic mass is 9.99. The van der Waals surface area contributed by atoms with Crippen molar-refractivity contribution in [3.8, 4) is 0 Å². The van der Waals surface area contributed by atoms with Crippen LogP contribution in [0, 0.1) is 6.92 Å². The highest BCUT2D eigenvalue weighted by atomic mass is 32.2. The molecule has 2 heterocycles. The van der Waals surface area contributed by atoms with E-state index >= 15 is 0 Å². The van der Waals surface area contributed by atoms with E-state index in [4.69, 9.17) is 0 Å². The van der Waals surface area contributed by atoms with Crippen LogP contribution in [-0.2, 0) is 10.0 Å². The number of hydrogen-bond acceptors (Lipinski definition) is 4. The lowest BCUT2D eigenvalue weighted by Gasteiger charge is -2.30. The first-order valence-corrected chi connectivity index (χ1v) is 7.56. The molecular formula is C11H17N3O2S. The van der Waals surface area contributed by atoms with Crippen LogP contribution in [0.4, 0.5) is 0 Å². The fraction of sp³-hybridized carbons (Fsp3) is 0.636. The summed E-state index contributed by atoms with van der Waals surface area (Å²) in [6.07, 6.45) is 4.81. The first-order valence-electron chi connectivity index (χ1n) is 5.71. The Labute approximate surface area is 102 Å². The highest BCUT2D eigenvalue weighted by Crippen LogP contribution is 2.25. The predicted octanol–water partition coefficient (Wildman–Crippen LogP) is 0.924. The summed E-state index contributed by atoms with van der Waals surface area (Å²) in [4.78, 5) is 8.63. The van der Waals surface area contributed by atoms with E-state index in [0.29, 0.717) is 13.1 Å². The van der Waals surface area contributed by atoms with Crippen molar-refractivity contribution >= 4 is 10.0 Å². The Hall–Kier alpha value is -1.01. The first kappa shape index (κ1) is 12.4. The molecule has 6 heteroatoms. The summed E-state index contributed by atoms with van der Waals surface area (Å²) in [5.41, 5.74) is 0.923. The minimum absolute atomic E-state index is 0.123. The number of rotatable bonds is 2. The molecule has 1 aromatic rings. The van der Waals surface area contributed by atoms with Crippen LogP contribution < -0.4 is 0 Å². The molecule has 1 aromatic heterocycles. The van der Waals surface area contributed by atoms with E-state index in [1.54, 1.807) is 6.20 Å². The van der Waals surface area contributed by atoms with Gasteiger partial charge < -0.3 is 0 Å². The molecule has 0 spiro atoms. The van der Waals surface area contributed by atoms with E-state index in [1.807, 2.05) is 13.0 Å². The van der Waals surface area contributed by atoms with Gasteiger partial charge >= 0.3 is 0 Å². The van der Waals surface area contributed by atoms with Gasteiger partial charge in [0.15, 0.2) is 0 Å². The summed E-state index contributed by atoms with van der Waals surface area (Å²) in [6.45, 7) is 3.03. The molecule has 0 bridgehead atoms. The van der Waals surface area contributed by atoms with E-state index in [-0.39, 0.29) is 5.92 Å². The molecule has 17 heavy (non-hydrogen) atoms. The number of nitrogens with zero attached hydrogens (tertiary/aromatic N) is 3. The zero-order valence-electron chi connectivity index (χ0n) is 10.1. The molecule has 0 aliphatic carbocycles. The third kappa shape index (κ3) is 3.01. The normalized spacial score (nSPS) is 22.6. The van der Waals surface area contributed by atoms with Crippen LogP contribution in [0.25, 0.3) is 0 Å². The Balaban J connectivity index is 2.18. The van der Waals surface area contributed by atoms with Gasteiger partial charge in [0.05, 0.1) is 6.26 Å². The van der Waals surface area contributed by atoms with Gasteiger partial charge in [0.1, 0.15) is 5.82 Å². The summed E-state index contributed by atoms with van der Waals surface area (Å²) in [7, 11) is -3.10. The largest absolute Gasteiger partial charge is 0.241 e. The van der Waals surface area contributed by atoms with E-state index < -0.39 is 10.0 Å². The summed E-state index contributed by atoms with van der Waals surface area (Å²) in [6, 6.07) is 1.85. The molecule has 2 rings (SSSR count). The maximum absolute atomic E-state index is 11.5. The highest BCUT2D eigenvalue weighted by Gasteiger charge is 2.28. The van der Waals surface area contributed by atoms with Gasteiger partial charge in [-0.1, -0.05) is 0 Å². The number of sulfonamides is 1. The number of aromatic nitrogens is 2. The van der Waals surface area contributed by atoms with Crippen LogP contribution in [0.15, 0.2) is 12.3 Å². The van der Waals surface area contributed by atoms with Gasteiger partial charge in [-0.15, -0.1) is 0 Å². The molecule has 0 amide bonds. The molecule has 94 valence electrons. The summed E-state index contributed by atoms with van der Waals surface area (Å²) in [5, 5.41) is 0. The van der Waals surface area contributed by atoms with Crippen LogP contribution in [-0.4, -0.2) is 42.0 Å². The lowest BCUT2D eigenvalue weighted by Crippen LogP contribution is -2.38. The highest BCUT2D eigenvalue weighted by molar-refractivity contribution is 7.88. The SMILES string of the molecule is Cc1ccnc(C2CCCN(S(C)(=O)=O)C2)n1. The molecule has 1 atom stereocenters. The molecule has 1 unspecified atom stereocenters. The number of aryl methyl sites for hydroxylation is 1. The van der Waals surface area contributed by atoms with Crippen LogP contribution in [0.3, 0.4) is 0 Å². The number of piperidine rings is 1. The molecule has 5 nitrogen and oxygen atoms in total. The van der Waals surface area contributed by atoms with Crippen LogP contribution >= 0.6 is 0 Å². The molecular weight excluding hydrogens is 238 g/mol. The van der Waals surface area contributed by atoms with Crippen LogP contribution in [0.2, 0.25) is 0 Å². The zero-order chi connectivity index (χ0) is 12.5. The Kier molecular flexibility index (Phi) is 3.44. The second-order valence-electron chi connectivity index (χ2n) is 4.52. The fourth-order valence-corrected chi connectivity index (χ4v) is 3.03. The second kappa shape index (κ2) is 4.70. The van der Waals surface area contributed by atoms with E-state index in [0.717, 1.165) is 24.4 Å². The maximum Gasteiger partial charge on any atom is 0.211 e. The summed E-state index contributed by atoms with van der Waals surface area (Å²) in [5.74, 6) is 0.886. The monoisotopic (exact) mass is 255 g/mol. The molecule has 1 aliphatic rings. The van der Waals surface area contributed by atoms with Gasteiger partial charge in [-0.05, 0) is 25.8 Å². The molecule has 0 radical (unpaired) electrons. The Morgan fingerprint density at radius 2 is 2.24 bits per heavy atom. The van der Waals surface area contributed by atoms with Gasteiger partial charge in [-0.25, -0.2) is 22.7 Å². The van der Waals surface area contributed by atoms with Gasteiger partial charge in [0, 0.05) is 30.9 Å². The van der Waals surface area contributed by atoms with E-state index in [1.165, 1.54) is 10.6 Å². The molecule has 0 saturated carbocycles. The second-order valence-corrected chi connectivity index (χ2v) is 6.50. The van der Waals surface area contributed by atoms with Crippen molar-refractivity contribution in [3.05, 3.63) is 23.8 Å². The third-order valence-corrected chi connectivity index (χ3v) is 4.30. The van der Waals surface area contributed by atoms with E-state index in [2.05, 4.69) is 9.97 Å². The van der Waals surface area contributed by atoms with Crippen molar-refractivity contribution < 1.29 is 8.42 Å². The minimum atomic E-state index is -3.10. The summed E-state index contributed by atoms with van der Waals surface area (Å²) < 4.78 is 24.6. The third-order valence-electron chi connectivity index (χ3n) is 3.03. The van der Waals surface area contributed by atoms with Crippen LogP contribution in [0.5, 0.6) is 0 Å². The van der Waals surface area contributed by atoms with Gasteiger partial charge in [-0.2, -0.15) is 0 Å². The van der Waals surface area contributed by atoms with Gasteiger partial charge in [0.25, 0.3) is 0 Å². The Morgan fingerprint density at radius 3 is 2.88 bits per heavy atom. The molecule has 1 saturated heterocycles. The number of hydrogen-bond donors (Lipinski definition) is 0. The molecule has 0 aromatic carbocycles. The fourth-order valence-electron chi connectivity index (χ4n) is 2.12. The molecule has 1 aliphatic heterocycles. The summed E-state index contributed by atoms with van der Waals surface area (Å²) >= 11 is 0. The van der Waals surface area contributed by atoms with Crippen molar-refractivity contribution in [1.82, 2.24) is 14.3 Å². The van der Waals surface area contributed by atoms with Crippen LogP contribution in [0.1, 0.15) is 30.3 Å². The molecule has 0 N–H and O–H groups in total. The van der Waals surface area contributed by atoms with Crippen molar-refractivity contribution in [2.24, 2.45) is 0 Å². The Bertz CT molecular complexity index is 501. The van der Waals surface area contributed by atoms with E-state index in [9.17, 15) is 8.42 Å². The average Bonchev–Trinajstić information content (AvgIpc) is 2.28. The molecule has 1 fully saturated rings. The smallest absolute Gasteiger partial charge is 0.211 e. The maximum atomic E-state index is 11.5.